The fourth-order valence-corrected chi connectivity index (χ4v) is 10.0. The van der Waals surface area contributed by atoms with Crippen LogP contribution in [0, 0.1) is 29.5 Å². The summed E-state index contributed by atoms with van der Waals surface area (Å²) in [4.78, 5) is 73.9. The SMILES string of the molecule is COc1cc(C2C3=CCC4C(=O)N(c5ccc(C(=O)c6ccccc6)cc5)C(=O)C4C3CC3C(=O)N(Nc4ccc(F)cc4)C(=O)C32c2ccc(Cl)cc2)cc(OC)c1O. The molecule has 0 spiro atoms. The van der Waals surface area contributed by atoms with Gasteiger partial charge in [-0.15, -0.1) is 0 Å². The molecule has 11 nitrogen and oxygen atoms in total. The Balaban J connectivity index is 1.18. The van der Waals surface area contributed by atoms with Crippen molar-refractivity contribution < 1.29 is 42.9 Å². The number of ether oxygens (including phenoxy) is 2. The smallest absolute Gasteiger partial charge is 0.260 e. The van der Waals surface area contributed by atoms with Gasteiger partial charge in [0.2, 0.25) is 17.6 Å². The monoisotopic (exact) mass is 825 g/mol. The van der Waals surface area contributed by atoms with Gasteiger partial charge in [0.1, 0.15) is 5.82 Å². The topological polar surface area (TPSA) is 143 Å². The number of amides is 4. The van der Waals surface area contributed by atoms with Crippen LogP contribution >= 0.6 is 11.6 Å². The van der Waals surface area contributed by atoms with Crippen molar-refractivity contribution in [1.29, 1.82) is 0 Å². The van der Waals surface area contributed by atoms with Crippen molar-refractivity contribution in [3.05, 3.63) is 160 Å². The number of methoxy groups -OCH3 is 2. The second kappa shape index (κ2) is 14.8. The van der Waals surface area contributed by atoms with Crippen molar-refractivity contribution in [2.24, 2.45) is 23.7 Å². The number of phenols is 1. The first-order valence-corrected chi connectivity index (χ1v) is 19.7. The summed E-state index contributed by atoms with van der Waals surface area (Å²) >= 11 is 6.40. The van der Waals surface area contributed by atoms with Crippen LogP contribution < -0.4 is 19.8 Å². The number of allylic oxidation sites excluding steroid dienone is 2. The van der Waals surface area contributed by atoms with Gasteiger partial charge < -0.3 is 14.6 Å². The van der Waals surface area contributed by atoms with Crippen LogP contribution in [0.2, 0.25) is 5.02 Å². The standard InChI is InChI=1S/C47H37ClFN3O8/c1-59-37-22-27(23-38(60-2)42(37)54)40-33-20-21-34-39(45(57)51(43(34)55)32-18-8-26(9-19-32)41(53)25-6-4-3-5-7-25)35(33)24-36-44(56)52(50-31-16-14-30(49)15-17-31)46(58)47(36,40)28-10-12-29(48)13-11-28/h3-20,22-23,34-36,39-40,50,54H,21,24H2,1-2H3. The number of phenolic OH excluding ortho intramolecular Hbond substituents is 1. The van der Waals surface area contributed by atoms with Crippen molar-refractivity contribution in [2.75, 3.05) is 24.5 Å². The van der Waals surface area contributed by atoms with E-state index in [4.69, 9.17) is 21.1 Å². The molecule has 0 bridgehead atoms. The van der Waals surface area contributed by atoms with E-state index >= 15 is 4.79 Å². The highest BCUT2D eigenvalue weighted by Crippen LogP contribution is 2.65. The Morgan fingerprint density at radius 2 is 1.43 bits per heavy atom. The van der Waals surface area contributed by atoms with Gasteiger partial charge in [0.25, 0.3) is 11.8 Å². The van der Waals surface area contributed by atoms with E-state index < -0.39 is 64.5 Å². The molecular weight excluding hydrogens is 789 g/mol. The minimum Gasteiger partial charge on any atom is -0.502 e. The fraction of sp³-hybridized carbons (Fsp3) is 0.213. The molecule has 6 unspecified atom stereocenters. The number of carbonyl (C=O) groups excluding carboxylic acids is 5. The fourth-order valence-electron chi connectivity index (χ4n) is 9.88. The van der Waals surface area contributed by atoms with Gasteiger partial charge in [0.15, 0.2) is 17.3 Å². The number of halogens is 2. The predicted octanol–water partition coefficient (Wildman–Crippen LogP) is 7.62. The van der Waals surface area contributed by atoms with E-state index in [1.54, 1.807) is 84.9 Å². The average molecular weight is 826 g/mol. The number of hydrazine groups is 1. The molecule has 302 valence electrons. The third-order valence-electron chi connectivity index (χ3n) is 12.5. The minimum atomic E-state index is -1.66. The Morgan fingerprint density at radius 1 is 0.800 bits per heavy atom. The van der Waals surface area contributed by atoms with Gasteiger partial charge in [0.05, 0.1) is 48.8 Å². The summed E-state index contributed by atoms with van der Waals surface area (Å²) in [6.07, 6.45) is 2.08. The molecule has 2 heterocycles. The molecule has 0 radical (unpaired) electrons. The summed E-state index contributed by atoms with van der Waals surface area (Å²) in [5, 5.41) is 12.4. The van der Waals surface area contributed by atoms with Crippen LogP contribution in [0.1, 0.15) is 45.8 Å². The number of carbonyl (C=O) groups is 5. The third kappa shape index (κ3) is 5.88. The van der Waals surface area contributed by atoms with Gasteiger partial charge in [-0.25, -0.2) is 4.39 Å². The maximum absolute atomic E-state index is 15.5. The van der Waals surface area contributed by atoms with Gasteiger partial charge >= 0.3 is 0 Å². The Kier molecular flexibility index (Phi) is 9.54. The Bertz CT molecular complexity index is 2590. The first kappa shape index (κ1) is 38.7. The number of hydrogen-bond donors (Lipinski definition) is 2. The number of aromatic hydroxyl groups is 1. The second-order valence-electron chi connectivity index (χ2n) is 15.4. The number of anilines is 2. The number of nitrogens with zero attached hydrogens (tertiary/aromatic N) is 2. The van der Waals surface area contributed by atoms with Crippen molar-refractivity contribution in [3.63, 3.8) is 0 Å². The van der Waals surface area contributed by atoms with E-state index in [0.29, 0.717) is 38.5 Å². The lowest BCUT2D eigenvalue weighted by molar-refractivity contribution is -0.138. The maximum atomic E-state index is 15.5. The van der Waals surface area contributed by atoms with Crippen LogP contribution in [0.15, 0.2) is 127 Å². The van der Waals surface area contributed by atoms with E-state index in [1.807, 2.05) is 12.1 Å². The summed E-state index contributed by atoms with van der Waals surface area (Å²) in [5.74, 6) is -7.40. The molecule has 6 atom stereocenters. The number of hydrogen-bond acceptors (Lipinski definition) is 9. The van der Waals surface area contributed by atoms with Crippen LogP contribution in [-0.4, -0.2) is 53.7 Å². The Hall–Kier alpha value is -6.79. The van der Waals surface area contributed by atoms with Crippen LogP contribution in [0.25, 0.3) is 0 Å². The average Bonchev–Trinajstić information content (AvgIpc) is 3.65. The first-order chi connectivity index (χ1) is 29.0. The molecule has 4 amide bonds. The largest absolute Gasteiger partial charge is 0.502 e. The highest BCUT2D eigenvalue weighted by atomic mass is 35.5. The lowest BCUT2D eigenvalue weighted by atomic mass is 9.49. The summed E-state index contributed by atoms with van der Waals surface area (Å²) in [6, 6.07) is 30.2. The van der Waals surface area contributed by atoms with E-state index in [-0.39, 0.29) is 41.6 Å². The molecular formula is C47H37ClFN3O8. The number of ketones is 1. The molecule has 5 aromatic rings. The number of fused-ring (bicyclic) bond motifs is 4. The zero-order valence-corrected chi connectivity index (χ0v) is 33.1. The summed E-state index contributed by atoms with van der Waals surface area (Å²) < 4.78 is 25.2. The lowest BCUT2D eigenvalue weighted by Gasteiger charge is -2.50. The number of imide groups is 2. The summed E-state index contributed by atoms with van der Waals surface area (Å²) in [5.41, 5.74) is 4.33. The molecule has 2 N–H and O–H groups in total. The van der Waals surface area contributed by atoms with Crippen LogP contribution in [0.5, 0.6) is 17.2 Å². The molecule has 2 saturated heterocycles. The van der Waals surface area contributed by atoms with Crippen molar-refractivity contribution >= 4 is 52.4 Å². The van der Waals surface area contributed by atoms with Gasteiger partial charge in [-0.05, 0) is 103 Å². The van der Waals surface area contributed by atoms with Crippen LogP contribution in [-0.2, 0) is 24.6 Å². The third-order valence-corrected chi connectivity index (χ3v) is 12.8. The number of rotatable bonds is 9. The normalized spacial score (nSPS) is 24.4. The van der Waals surface area contributed by atoms with Gasteiger partial charge in [-0.2, -0.15) is 5.01 Å². The highest BCUT2D eigenvalue weighted by molar-refractivity contribution is 6.30. The van der Waals surface area contributed by atoms with Crippen LogP contribution in [0.3, 0.4) is 0 Å². The van der Waals surface area contributed by atoms with Crippen molar-refractivity contribution in [2.45, 2.75) is 24.2 Å². The molecule has 13 heteroatoms. The summed E-state index contributed by atoms with van der Waals surface area (Å²) in [7, 11) is 2.76. The molecule has 2 aliphatic carbocycles. The van der Waals surface area contributed by atoms with Crippen LogP contribution in [0.4, 0.5) is 15.8 Å². The Morgan fingerprint density at radius 3 is 2.07 bits per heavy atom. The molecule has 0 aromatic heterocycles. The predicted molar refractivity (Wildman–Crippen MR) is 219 cm³/mol. The van der Waals surface area contributed by atoms with Gasteiger partial charge in [-0.1, -0.05) is 65.7 Å². The first-order valence-electron chi connectivity index (χ1n) is 19.4. The van der Waals surface area contributed by atoms with Crippen molar-refractivity contribution in [3.8, 4) is 17.2 Å². The van der Waals surface area contributed by atoms with E-state index in [1.165, 1.54) is 38.5 Å². The maximum Gasteiger partial charge on any atom is 0.260 e. The van der Waals surface area contributed by atoms with E-state index in [9.17, 15) is 28.7 Å². The zero-order valence-electron chi connectivity index (χ0n) is 32.3. The highest BCUT2D eigenvalue weighted by Gasteiger charge is 2.70. The summed E-state index contributed by atoms with van der Waals surface area (Å²) in [6.45, 7) is 0. The molecule has 3 fully saturated rings. The molecule has 2 aliphatic heterocycles. The van der Waals surface area contributed by atoms with Gasteiger partial charge in [0, 0.05) is 22.1 Å². The van der Waals surface area contributed by atoms with E-state index in [0.717, 1.165) is 9.91 Å². The number of nitrogens with one attached hydrogen (secondary N) is 1. The second-order valence-corrected chi connectivity index (χ2v) is 15.8. The van der Waals surface area contributed by atoms with E-state index in [2.05, 4.69) is 5.43 Å². The lowest BCUT2D eigenvalue weighted by Crippen LogP contribution is -2.53. The molecule has 1 saturated carbocycles. The minimum absolute atomic E-state index is 0.0159. The Labute approximate surface area is 348 Å². The number of benzene rings is 5. The molecule has 60 heavy (non-hydrogen) atoms. The van der Waals surface area contributed by atoms with Crippen molar-refractivity contribution in [1.82, 2.24) is 5.01 Å². The molecule has 5 aromatic carbocycles. The van der Waals surface area contributed by atoms with Gasteiger partial charge in [-0.3, -0.25) is 34.3 Å². The quantitative estimate of drug-likeness (QED) is 0.0872. The zero-order chi connectivity index (χ0) is 42.0. The molecule has 9 rings (SSSR count). The molecule has 4 aliphatic rings.